The monoisotopic (exact) mass is 406 g/mol. The zero-order valence-corrected chi connectivity index (χ0v) is 14.7. The van der Waals surface area contributed by atoms with Gasteiger partial charge in [-0.05, 0) is 12.1 Å². The number of allylic oxidation sites excluding steroid dienone is 1. The van der Waals surface area contributed by atoms with Crippen LogP contribution in [0.25, 0.3) is 5.70 Å². The summed E-state index contributed by atoms with van der Waals surface area (Å²) in [7, 11) is 0. The number of benzene rings is 1. The maximum absolute atomic E-state index is 13.8. The van der Waals surface area contributed by atoms with E-state index in [0.29, 0.717) is 11.8 Å². The molecule has 150 valence electrons. The maximum atomic E-state index is 13.8. The second-order valence-electron chi connectivity index (χ2n) is 5.77. The van der Waals surface area contributed by atoms with Crippen molar-refractivity contribution in [2.24, 2.45) is 10.7 Å². The van der Waals surface area contributed by atoms with Crippen LogP contribution in [0.3, 0.4) is 0 Å². The van der Waals surface area contributed by atoms with Crippen molar-refractivity contribution in [3.8, 4) is 0 Å². The number of aliphatic imine (C=N–C) groups is 1. The molecule has 2 aromatic heterocycles. The lowest BCUT2D eigenvalue weighted by Crippen LogP contribution is -2.14. The molecule has 1 aromatic carbocycles. The van der Waals surface area contributed by atoms with Crippen molar-refractivity contribution in [1.29, 1.82) is 0 Å². The summed E-state index contributed by atoms with van der Waals surface area (Å²) in [5.74, 6) is -1.42. The summed E-state index contributed by atoms with van der Waals surface area (Å²) in [6, 6.07) is 7.56. The quantitative estimate of drug-likeness (QED) is 0.497. The van der Waals surface area contributed by atoms with Crippen molar-refractivity contribution in [2.75, 3.05) is 5.73 Å². The Balaban J connectivity index is 1.95. The smallest absolute Gasteiger partial charge is 0.396 e. The van der Waals surface area contributed by atoms with Crippen LogP contribution in [0.5, 0.6) is 0 Å². The van der Waals surface area contributed by atoms with Crippen LogP contribution in [-0.4, -0.2) is 20.8 Å². The standard InChI is InChI=1S/C18H14F4N6O/c19-12-4-2-1-3-10(12)8-25-15(14-5-6-29-28-14)7-13(23)17-26-9-11(16(24)27-17)18(20,21)22/h1-7,9H,8,23H2,(H2,24,26,27). The highest BCUT2D eigenvalue weighted by molar-refractivity contribution is 6.10. The normalized spacial score (nSPS) is 13.0. The first-order chi connectivity index (χ1) is 13.8. The Hall–Kier alpha value is -3.76. The van der Waals surface area contributed by atoms with Gasteiger partial charge in [0.15, 0.2) is 5.82 Å². The van der Waals surface area contributed by atoms with E-state index in [9.17, 15) is 17.6 Å². The number of aromatic nitrogens is 3. The van der Waals surface area contributed by atoms with Crippen LogP contribution >= 0.6 is 0 Å². The second kappa shape index (κ2) is 8.09. The summed E-state index contributed by atoms with van der Waals surface area (Å²) in [5, 5.41) is 3.75. The molecule has 0 unspecified atom stereocenters. The number of nitrogens with two attached hydrogens (primary N) is 2. The summed E-state index contributed by atoms with van der Waals surface area (Å²) >= 11 is 0. The molecule has 0 bridgehead atoms. The summed E-state index contributed by atoms with van der Waals surface area (Å²) < 4.78 is 57.0. The topological polar surface area (TPSA) is 116 Å². The van der Waals surface area contributed by atoms with Gasteiger partial charge in [0, 0.05) is 17.8 Å². The Morgan fingerprint density at radius 3 is 2.59 bits per heavy atom. The molecular weight excluding hydrogens is 392 g/mol. The predicted molar refractivity (Wildman–Crippen MR) is 96.8 cm³/mol. The third kappa shape index (κ3) is 4.75. The first-order valence-corrected chi connectivity index (χ1v) is 8.11. The molecule has 0 radical (unpaired) electrons. The molecule has 0 fully saturated rings. The van der Waals surface area contributed by atoms with E-state index in [4.69, 9.17) is 16.0 Å². The number of halogens is 4. The van der Waals surface area contributed by atoms with Crippen LogP contribution in [0.4, 0.5) is 23.4 Å². The van der Waals surface area contributed by atoms with Crippen LogP contribution in [0.2, 0.25) is 0 Å². The summed E-state index contributed by atoms with van der Waals surface area (Å²) in [5.41, 5.74) is 10.8. The average Bonchev–Trinajstić information content (AvgIpc) is 3.19. The van der Waals surface area contributed by atoms with Gasteiger partial charge in [-0.15, -0.1) is 0 Å². The molecule has 4 N–H and O–H groups in total. The SMILES string of the molecule is NC(=CC(=NCc1ccccc1F)c1ccon1)c1ncc(C(F)(F)F)c(N)n1. The fourth-order valence-electron chi connectivity index (χ4n) is 2.31. The molecule has 3 rings (SSSR count). The first kappa shape index (κ1) is 20.0. The molecule has 29 heavy (non-hydrogen) atoms. The lowest BCUT2D eigenvalue weighted by atomic mass is 10.2. The van der Waals surface area contributed by atoms with Gasteiger partial charge >= 0.3 is 6.18 Å². The molecule has 0 spiro atoms. The minimum Gasteiger partial charge on any atom is -0.396 e. The van der Waals surface area contributed by atoms with E-state index >= 15 is 0 Å². The number of nitrogens with zero attached hydrogens (tertiary/aromatic N) is 4. The number of hydrogen-bond donors (Lipinski definition) is 2. The average molecular weight is 406 g/mol. The molecule has 7 nitrogen and oxygen atoms in total. The molecule has 0 aliphatic rings. The van der Waals surface area contributed by atoms with Crippen LogP contribution in [0.1, 0.15) is 22.6 Å². The minimum atomic E-state index is -4.69. The molecule has 11 heteroatoms. The number of alkyl halides is 3. The molecule has 3 aromatic rings. The van der Waals surface area contributed by atoms with E-state index < -0.39 is 23.4 Å². The first-order valence-electron chi connectivity index (χ1n) is 8.11. The molecule has 0 atom stereocenters. The van der Waals surface area contributed by atoms with E-state index in [0.717, 1.165) is 0 Å². The number of hydrogen-bond acceptors (Lipinski definition) is 7. The fourth-order valence-corrected chi connectivity index (χ4v) is 2.31. The largest absolute Gasteiger partial charge is 0.421 e. The van der Waals surface area contributed by atoms with Crippen LogP contribution in [0, 0.1) is 5.82 Å². The van der Waals surface area contributed by atoms with E-state index in [2.05, 4.69) is 20.1 Å². The summed E-state index contributed by atoms with van der Waals surface area (Å²) in [6.45, 7) is -0.0331. The van der Waals surface area contributed by atoms with Gasteiger partial charge in [-0.3, -0.25) is 4.99 Å². The maximum Gasteiger partial charge on any atom is 0.421 e. The Labute approximate surface area is 161 Å². The van der Waals surface area contributed by atoms with Gasteiger partial charge in [-0.2, -0.15) is 13.2 Å². The van der Waals surface area contributed by atoms with E-state index in [1.54, 1.807) is 18.2 Å². The molecule has 0 saturated carbocycles. The summed E-state index contributed by atoms with van der Waals surface area (Å²) in [4.78, 5) is 11.5. The third-order valence-electron chi connectivity index (χ3n) is 3.75. The van der Waals surface area contributed by atoms with Crippen molar-refractivity contribution in [1.82, 2.24) is 15.1 Å². The Bertz CT molecular complexity index is 1060. The van der Waals surface area contributed by atoms with E-state index in [1.165, 1.54) is 24.5 Å². The van der Waals surface area contributed by atoms with Crippen molar-refractivity contribution in [2.45, 2.75) is 12.7 Å². The van der Waals surface area contributed by atoms with Crippen molar-refractivity contribution in [3.63, 3.8) is 0 Å². The molecule has 0 amide bonds. The Morgan fingerprint density at radius 1 is 1.21 bits per heavy atom. The van der Waals surface area contributed by atoms with Crippen molar-refractivity contribution >= 4 is 17.2 Å². The number of rotatable bonds is 5. The molecule has 0 saturated heterocycles. The van der Waals surface area contributed by atoms with Gasteiger partial charge in [-0.1, -0.05) is 23.4 Å². The van der Waals surface area contributed by atoms with Crippen LogP contribution in [0.15, 0.2) is 58.4 Å². The summed E-state index contributed by atoms with van der Waals surface area (Å²) in [6.07, 6.45) is -1.55. The zero-order valence-electron chi connectivity index (χ0n) is 14.7. The molecule has 0 aliphatic carbocycles. The van der Waals surface area contributed by atoms with E-state index in [-0.39, 0.29) is 29.5 Å². The van der Waals surface area contributed by atoms with Gasteiger partial charge < -0.3 is 16.0 Å². The Kier molecular flexibility index (Phi) is 5.57. The zero-order chi connectivity index (χ0) is 21.0. The van der Waals surface area contributed by atoms with Crippen molar-refractivity contribution < 1.29 is 22.1 Å². The number of nitrogen functional groups attached to an aromatic ring is 1. The molecule has 2 heterocycles. The third-order valence-corrected chi connectivity index (χ3v) is 3.75. The molecular formula is C18H14F4N6O. The molecule has 0 aliphatic heterocycles. The second-order valence-corrected chi connectivity index (χ2v) is 5.77. The van der Waals surface area contributed by atoms with Gasteiger partial charge in [0.1, 0.15) is 29.2 Å². The number of anilines is 1. The highest BCUT2D eigenvalue weighted by Gasteiger charge is 2.34. The highest BCUT2D eigenvalue weighted by Crippen LogP contribution is 2.32. The Morgan fingerprint density at radius 2 is 1.97 bits per heavy atom. The minimum absolute atomic E-state index is 0.0331. The van der Waals surface area contributed by atoms with Gasteiger partial charge in [0.05, 0.1) is 18.0 Å². The lowest BCUT2D eigenvalue weighted by molar-refractivity contribution is -0.137. The van der Waals surface area contributed by atoms with Crippen LogP contribution in [-0.2, 0) is 12.7 Å². The van der Waals surface area contributed by atoms with Crippen molar-refractivity contribution in [3.05, 3.63) is 77.3 Å². The lowest BCUT2D eigenvalue weighted by Gasteiger charge is -2.09. The van der Waals surface area contributed by atoms with E-state index in [1.807, 2.05) is 0 Å². The van der Waals surface area contributed by atoms with Crippen LogP contribution < -0.4 is 11.5 Å². The fraction of sp³-hybridized carbons (Fsp3) is 0.111. The highest BCUT2D eigenvalue weighted by atomic mass is 19.4. The van der Waals surface area contributed by atoms with Gasteiger partial charge in [0.25, 0.3) is 0 Å². The van der Waals surface area contributed by atoms with Gasteiger partial charge in [0.2, 0.25) is 0 Å². The van der Waals surface area contributed by atoms with Gasteiger partial charge in [-0.25, -0.2) is 14.4 Å². The predicted octanol–water partition coefficient (Wildman–Crippen LogP) is 3.19.